The maximum absolute atomic E-state index is 14.1. The standard InChI is InChI=1S/C30H35Cl2N3O4S/c1-5-22(3)33-30(37)28(17-23-10-7-6-8-11-23)34(19-24-12-9-13-25(31)16-24)29(36)20-35(40(4,38)39)26-15-14-21(2)27(32)18-26/h6-16,18,22,28H,5,17,19-20H2,1-4H3,(H,33,37)/t22-,28-/m0/s1. The summed E-state index contributed by atoms with van der Waals surface area (Å²) in [6.45, 7) is 5.20. The number of hydrogen-bond acceptors (Lipinski definition) is 4. The molecule has 2 amide bonds. The number of nitrogens with one attached hydrogen (secondary N) is 1. The first kappa shape index (κ1) is 31.5. The molecule has 40 heavy (non-hydrogen) atoms. The average Bonchev–Trinajstić information content (AvgIpc) is 2.90. The summed E-state index contributed by atoms with van der Waals surface area (Å²) >= 11 is 12.5. The second-order valence-electron chi connectivity index (χ2n) is 9.88. The number of benzene rings is 3. The number of hydrogen-bond donors (Lipinski definition) is 1. The Morgan fingerprint density at radius 3 is 2.23 bits per heavy atom. The summed E-state index contributed by atoms with van der Waals surface area (Å²) in [4.78, 5) is 29.2. The Hall–Kier alpha value is -3.07. The van der Waals surface area contributed by atoms with E-state index in [9.17, 15) is 18.0 Å². The first-order valence-electron chi connectivity index (χ1n) is 13.0. The topological polar surface area (TPSA) is 86.8 Å². The van der Waals surface area contributed by atoms with E-state index in [1.165, 1.54) is 11.0 Å². The largest absolute Gasteiger partial charge is 0.352 e. The van der Waals surface area contributed by atoms with Gasteiger partial charge >= 0.3 is 0 Å². The van der Waals surface area contributed by atoms with Gasteiger partial charge in [0, 0.05) is 29.1 Å². The molecule has 2 atom stereocenters. The van der Waals surface area contributed by atoms with E-state index < -0.39 is 28.5 Å². The third-order valence-corrected chi connectivity index (χ3v) is 8.42. The molecule has 10 heteroatoms. The van der Waals surface area contributed by atoms with Crippen molar-refractivity contribution in [2.24, 2.45) is 0 Å². The van der Waals surface area contributed by atoms with Crippen LogP contribution in [0.1, 0.15) is 37.0 Å². The monoisotopic (exact) mass is 603 g/mol. The van der Waals surface area contributed by atoms with Crippen molar-refractivity contribution in [1.29, 1.82) is 0 Å². The Morgan fingerprint density at radius 1 is 0.950 bits per heavy atom. The highest BCUT2D eigenvalue weighted by atomic mass is 35.5. The third kappa shape index (κ3) is 8.71. The van der Waals surface area contributed by atoms with Crippen LogP contribution in [0.2, 0.25) is 10.0 Å². The molecule has 0 aliphatic carbocycles. The molecular weight excluding hydrogens is 569 g/mol. The first-order chi connectivity index (χ1) is 18.9. The van der Waals surface area contributed by atoms with E-state index in [0.29, 0.717) is 22.0 Å². The third-order valence-electron chi connectivity index (χ3n) is 6.64. The van der Waals surface area contributed by atoms with Gasteiger partial charge in [0.25, 0.3) is 0 Å². The fourth-order valence-electron chi connectivity index (χ4n) is 4.18. The normalized spacial score (nSPS) is 12.8. The summed E-state index contributed by atoms with van der Waals surface area (Å²) in [5, 5.41) is 3.87. The van der Waals surface area contributed by atoms with Crippen molar-refractivity contribution in [3.05, 3.63) is 99.5 Å². The van der Waals surface area contributed by atoms with Crippen LogP contribution in [-0.2, 0) is 32.6 Å². The van der Waals surface area contributed by atoms with Crippen molar-refractivity contribution in [3.63, 3.8) is 0 Å². The van der Waals surface area contributed by atoms with Gasteiger partial charge in [-0.1, -0.05) is 78.7 Å². The van der Waals surface area contributed by atoms with Crippen molar-refractivity contribution >= 4 is 50.7 Å². The second-order valence-corrected chi connectivity index (χ2v) is 12.6. The van der Waals surface area contributed by atoms with E-state index >= 15 is 0 Å². The van der Waals surface area contributed by atoms with Crippen molar-refractivity contribution in [3.8, 4) is 0 Å². The molecule has 0 aliphatic heterocycles. The number of amides is 2. The molecule has 1 N–H and O–H groups in total. The predicted molar refractivity (Wildman–Crippen MR) is 162 cm³/mol. The molecule has 214 valence electrons. The highest BCUT2D eigenvalue weighted by molar-refractivity contribution is 7.92. The molecule has 0 radical (unpaired) electrons. The molecule has 3 aromatic rings. The Labute approximate surface area is 247 Å². The summed E-state index contributed by atoms with van der Waals surface area (Å²) < 4.78 is 26.8. The van der Waals surface area contributed by atoms with Crippen LogP contribution in [-0.4, -0.2) is 50.0 Å². The minimum absolute atomic E-state index is 0.0527. The molecule has 0 saturated carbocycles. The van der Waals surface area contributed by atoms with Crippen LogP contribution < -0.4 is 9.62 Å². The van der Waals surface area contributed by atoms with Crippen molar-refractivity contribution in [1.82, 2.24) is 10.2 Å². The minimum atomic E-state index is -3.88. The van der Waals surface area contributed by atoms with Crippen LogP contribution in [0.15, 0.2) is 72.8 Å². The lowest BCUT2D eigenvalue weighted by molar-refractivity contribution is -0.140. The van der Waals surface area contributed by atoms with Gasteiger partial charge in [0.05, 0.1) is 11.9 Å². The molecule has 0 spiro atoms. The minimum Gasteiger partial charge on any atom is -0.352 e. The van der Waals surface area contributed by atoms with Crippen molar-refractivity contribution in [2.45, 2.75) is 52.2 Å². The lowest BCUT2D eigenvalue weighted by Crippen LogP contribution is -2.54. The van der Waals surface area contributed by atoms with Crippen LogP contribution in [0.5, 0.6) is 0 Å². The zero-order valence-corrected chi connectivity index (χ0v) is 25.4. The van der Waals surface area contributed by atoms with Gasteiger partial charge in [-0.05, 0) is 61.2 Å². The fourth-order valence-corrected chi connectivity index (χ4v) is 5.41. The Morgan fingerprint density at radius 2 is 1.62 bits per heavy atom. The SMILES string of the molecule is CC[C@H](C)NC(=O)[C@H](Cc1ccccc1)N(Cc1cccc(Cl)c1)C(=O)CN(c1ccc(C)c(Cl)c1)S(C)(=O)=O. The summed E-state index contributed by atoms with van der Waals surface area (Å²) in [6.07, 6.45) is 1.99. The fraction of sp³-hybridized carbons (Fsp3) is 0.333. The average molecular weight is 605 g/mol. The summed E-state index contributed by atoms with van der Waals surface area (Å²) in [6, 6.07) is 20.2. The zero-order chi connectivity index (χ0) is 29.4. The van der Waals surface area contributed by atoms with Gasteiger partial charge in [-0.2, -0.15) is 0 Å². The maximum atomic E-state index is 14.1. The zero-order valence-electron chi connectivity index (χ0n) is 23.1. The van der Waals surface area contributed by atoms with Crippen LogP contribution in [0.4, 0.5) is 5.69 Å². The van der Waals surface area contributed by atoms with Gasteiger partial charge in [-0.15, -0.1) is 0 Å². The summed E-state index contributed by atoms with van der Waals surface area (Å²) in [5.41, 5.74) is 2.61. The molecule has 0 bridgehead atoms. The predicted octanol–water partition coefficient (Wildman–Crippen LogP) is 5.62. The molecule has 0 saturated heterocycles. The Bertz CT molecular complexity index is 1430. The highest BCUT2D eigenvalue weighted by Gasteiger charge is 2.33. The van der Waals surface area contributed by atoms with Gasteiger partial charge in [0.1, 0.15) is 12.6 Å². The Kier molecular flexibility index (Phi) is 11.0. The molecule has 0 aromatic heterocycles. The van der Waals surface area contributed by atoms with Crippen LogP contribution in [0.3, 0.4) is 0 Å². The maximum Gasteiger partial charge on any atom is 0.244 e. The molecule has 0 heterocycles. The number of halogens is 2. The van der Waals surface area contributed by atoms with E-state index in [2.05, 4.69) is 5.32 Å². The summed E-state index contributed by atoms with van der Waals surface area (Å²) in [5.74, 6) is -0.861. The van der Waals surface area contributed by atoms with Crippen LogP contribution >= 0.6 is 23.2 Å². The molecule has 0 unspecified atom stereocenters. The summed E-state index contributed by atoms with van der Waals surface area (Å²) in [7, 11) is -3.88. The van der Waals surface area contributed by atoms with Crippen LogP contribution in [0, 0.1) is 6.92 Å². The van der Waals surface area contributed by atoms with Crippen molar-refractivity contribution in [2.75, 3.05) is 17.1 Å². The number of aryl methyl sites for hydroxylation is 1. The molecule has 0 aliphatic rings. The van der Waals surface area contributed by atoms with Gasteiger partial charge in [0.15, 0.2) is 0 Å². The van der Waals surface area contributed by atoms with Crippen LogP contribution in [0.25, 0.3) is 0 Å². The van der Waals surface area contributed by atoms with E-state index in [4.69, 9.17) is 23.2 Å². The number of carbonyl (C=O) groups excluding carboxylic acids is 2. The van der Waals surface area contributed by atoms with E-state index in [-0.39, 0.29) is 30.6 Å². The highest BCUT2D eigenvalue weighted by Crippen LogP contribution is 2.26. The molecule has 3 aromatic carbocycles. The molecule has 0 fully saturated rings. The molecular formula is C30H35Cl2N3O4S. The number of sulfonamides is 1. The van der Waals surface area contributed by atoms with Gasteiger partial charge < -0.3 is 10.2 Å². The number of anilines is 1. The Balaban J connectivity index is 2.07. The lowest BCUT2D eigenvalue weighted by atomic mass is 10.0. The first-order valence-corrected chi connectivity index (χ1v) is 15.6. The van der Waals surface area contributed by atoms with Gasteiger partial charge in [-0.3, -0.25) is 13.9 Å². The second kappa shape index (κ2) is 14.0. The van der Waals surface area contributed by atoms with E-state index in [1.54, 1.807) is 37.3 Å². The quantitative estimate of drug-likeness (QED) is 0.291. The van der Waals surface area contributed by atoms with Crippen molar-refractivity contribution < 1.29 is 18.0 Å². The van der Waals surface area contributed by atoms with E-state index in [1.807, 2.05) is 50.2 Å². The van der Waals surface area contributed by atoms with Gasteiger partial charge in [0.2, 0.25) is 21.8 Å². The number of nitrogens with zero attached hydrogens (tertiary/aromatic N) is 2. The van der Waals surface area contributed by atoms with E-state index in [0.717, 1.165) is 21.7 Å². The molecule has 7 nitrogen and oxygen atoms in total. The lowest BCUT2D eigenvalue weighted by Gasteiger charge is -2.34. The van der Waals surface area contributed by atoms with Gasteiger partial charge in [-0.25, -0.2) is 8.42 Å². The number of carbonyl (C=O) groups is 2. The number of rotatable bonds is 12. The smallest absolute Gasteiger partial charge is 0.244 e. The molecule has 3 rings (SSSR count).